The minimum absolute atomic E-state index is 0.0498. The molecule has 1 amide bonds. The Hall–Kier alpha value is -1.73. The van der Waals surface area contributed by atoms with Gasteiger partial charge >= 0.3 is 6.18 Å². The zero-order valence-electron chi connectivity index (χ0n) is 11.9. The van der Waals surface area contributed by atoms with E-state index in [1.807, 2.05) is 0 Å². The Morgan fingerprint density at radius 2 is 2.04 bits per heavy atom. The maximum absolute atomic E-state index is 13.0. The van der Waals surface area contributed by atoms with Crippen LogP contribution in [0.2, 0.25) is 5.02 Å². The summed E-state index contributed by atoms with van der Waals surface area (Å²) in [7, 11) is 0. The first-order chi connectivity index (χ1) is 10.8. The van der Waals surface area contributed by atoms with Crippen molar-refractivity contribution in [3.63, 3.8) is 0 Å². The third kappa shape index (κ3) is 4.87. The number of amides is 1. The Morgan fingerprint density at radius 3 is 2.65 bits per heavy atom. The quantitative estimate of drug-likeness (QED) is 0.791. The van der Waals surface area contributed by atoms with Gasteiger partial charge in [-0.2, -0.15) is 13.2 Å². The van der Waals surface area contributed by atoms with Gasteiger partial charge in [0.15, 0.2) is 0 Å². The number of hydrogen-bond donors (Lipinski definition) is 1. The second-order valence-corrected chi connectivity index (χ2v) is 6.40. The highest BCUT2D eigenvalue weighted by atomic mass is 35.5. The van der Waals surface area contributed by atoms with E-state index < -0.39 is 22.9 Å². The van der Waals surface area contributed by atoms with Gasteiger partial charge in [0.25, 0.3) is 0 Å². The van der Waals surface area contributed by atoms with Gasteiger partial charge in [0, 0.05) is 11.2 Å². The van der Waals surface area contributed by atoms with Crippen LogP contribution in [0.15, 0.2) is 47.6 Å². The summed E-state index contributed by atoms with van der Waals surface area (Å²) in [5.41, 5.74) is -1.30. The number of hydrogen-bond acceptors (Lipinski definition) is 3. The standard InChI is InChI=1S/C15H12ClF3N2OS/c1-9(23-13-4-2-3-7-20-13)14(22)21-12-6-5-10(16)8-11(12)15(17,18)19/h2-9H,1H3,(H,21,22). The lowest BCUT2D eigenvalue weighted by Crippen LogP contribution is -2.24. The normalized spacial score (nSPS) is 12.7. The van der Waals surface area contributed by atoms with Crippen molar-refractivity contribution >= 4 is 35.0 Å². The van der Waals surface area contributed by atoms with Crippen LogP contribution < -0.4 is 5.32 Å². The van der Waals surface area contributed by atoms with Crippen molar-refractivity contribution < 1.29 is 18.0 Å². The molecule has 1 aromatic carbocycles. The molecular formula is C15H12ClF3N2OS. The summed E-state index contributed by atoms with van der Waals surface area (Å²) in [6, 6.07) is 8.44. The molecule has 23 heavy (non-hydrogen) atoms. The first kappa shape index (κ1) is 17.6. The number of carbonyl (C=O) groups is 1. The van der Waals surface area contributed by atoms with E-state index in [-0.39, 0.29) is 10.7 Å². The van der Waals surface area contributed by atoms with E-state index >= 15 is 0 Å². The lowest BCUT2D eigenvalue weighted by Gasteiger charge is -2.16. The monoisotopic (exact) mass is 360 g/mol. The van der Waals surface area contributed by atoms with Crippen LogP contribution >= 0.6 is 23.4 Å². The molecule has 1 unspecified atom stereocenters. The third-order valence-corrected chi connectivity index (χ3v) is 4.14. The molecule has 0 radical (unpaired) electrons. The van der Waals surface area contributed by atoms with E-state index in [2.05, 4.69) is 10.3 Å². The van der Waals surface area contributed by atoms with Gasteiger partial charge in [-0.05, 0) is 37.3 Å². The van der Waals surface area contributed by atoms with Crippen molar-refractivity contribution in [2.45, 2.75) is 23.4 Å². The number of benzene rings is 1. The Bertz CT molecular complexity index is 695. The highest BCUT2D eigenvalue weighted by Crippen LogP contribution is 2.36. The molecule has 1 aromatic heterocycles. The van der Waals surface area contributed by atoms with Crippen LogP contribution in [0.3, 0.4) is 0 Å². The molecule has 122 valence electrons. The molecule has 0 saturated heterocycles. The van der Waals surface area contributed by atoms with Gasteiger partial charge in [-0.15, -0.1) is 0 Å². The van der Waals surface area contributed by atoms with Crippen molar-refractivity contribution in [2.75, 3.05) is 5.32 Å². The van der Waals surface area contributed by atoms with E-state index in [0.717, 1.165) is 23.9 Å². The Morgan fingerprint density at radius 1 is 1.30 bits per heavy atom. The molecule has 0 aliphatic rings. The van der Waals surface area contributed by atoms with E-state index in [1.54, 1.807) is 31.3 Å². The van der Waals surface area contributed by atoms with Crippen LogP contribution in [0.1, 0.15) is 12.5 Å². The second kappa shape index (κ2) is 7.23. The first-order valence-corrected chi connectivity index (χ1v) is 7.78. The van der Waals surface area contributed by atoms with Crippen LogP contribution in [-0.2, 0) is 11.0 Å². The molecule has 0 fully saturated rings. The van der Waals surface area contributed by atoms with Crippen LogP contribution in [0.4, 0.5) is 18.9 Å². The minimum atomic E-state index is -4.61. The van der Waals surface area contributed by atoms with Crippen molar-refractivity contribution in [3.05, 3.63) is 53.2 Å². The SMILES string of the molecule is CC(Sc1ccccn1)C(=O)Nc1ccc(Cl)cc1C(F)(F)F. The fraction of sp³-hybridized carbons (Fsp3) is 0.200. The Kier molecular flexibility index (Phi) is 5.54. The molecule has 8 heteroatoms. The summed E-state index contributed by atoms with van der Waals surface area (Å²) in [4.78, 5) is 16.2. The number of aromatic nitrogens is 1. The molecule has 1 N–H and O–H groups in total. The van der Waals surface area contributed by atoms with E-state index in [0.29, 0.717) is 5.03 Å². The van der Waals surface area contributed by atoms with Crippen LogP contribution in [0.25, 0.3) is 0 Å². The Balaban J connectivity index is 2.14. The highest BCUT2D eigenvalue weighted by Gasteiger charge is 2.34. The molecule has 2 aromatic rings. The summed E-state index contributed by atoms with van der Waals surface area (Å²) < 4.78 is 39.0. The summed E-state index contributed by atoms with van der Waals surface area (Å²) in [5, 5.41) is 2.25. The maximum Gasteiger partial charge on any atom is 0.418 e. The van der Waals surface area contributed by atoms with Gasteiger partial charge in [-0.25, -0.2) is 4.98 Å². The number of anilines is 1. The topological polar surface area (TPSA) is 42.0 Å². The molecule has 2 rings (SSSR count). The van der Waals surface area contributed by atoms with E-state index in [9.17, 15) is 18.0 Å². The molecule has 1 heterocycles. The van der Waals surface area contributed by atoms with Crippen molar-refractivity contribution in [1.29, 1.82) is 0 Å². The number of nitrogens with one attached hydrogen (secondary N) is 1. The minimum Gasteiger partial charge on any atom is -0.325 e. The molecule has 0 spiro atoms. The summed E-state index contributed by atoms with van der Waals surface area (Å²) in [5.74, 6) is -0.548. The largest absolute Gasteiger partial charge is 0.418 e. The number of rotatable bonds is 4. The van der Waals surface area contributed by atoms with Crippen molar-refractivity contribution in [2.24, 2.45) is 0 Å². The molecule has 0 saturated carbocycles. The number of halogens is 4. The predicted octanol–water partition coefficient (Wildman–Crippen LogP) is 4.87. The zero-order valence-corrected chi connectivity index (χ0v) is 13.5. The molecule has 0 aliphatic heterocycles. The van der Waals surface area contributed by atoms with Crippen molar-refractivity contribution in [1.82, 2.24) is 4.98 Å². The lowest BCUT2D eigenvalue weighted by molar-refractivity contribution is -0.137. The van der Waals surface area contributed by atoms with Gasteiger partial charge in [0.1, 0.15) is 0 Å². The molecule has 3 nitrogen and oxygen atoms in total. The first-order valence-electron chi connectivity index (χ1n) is 6.52. The number of carbonyl (C=O) groups excluding carboxylic acids is 1. The average Bonchev–Trinajstić information content (AvgIpc) is 2.49. The molecule has 0 aliphatic carbocycles. The fourth-order valence-electron chi connectivity index (χ4n) is 1.75. The van der Waals surface area contributed by atoms with Gasteiger partial charge in [-0.1, -0.05) is 29.4 Å². The predicted molar refractivity (Wildman–Crippen MR) is 84.6 cm³/mol. The Labute approximate surface area is 140 Å². The number of thioether (sulfide) groups is 1. The zero-order chi connectivity index (χ0) is 17.0. The van der Waals surface area contributed by atoms with Crippen molar-refractivity contribution in [3.8, 4) is 0 Å². The van der Waals surface area contributed by atoms with Gasteiger partial charge in [0.2, 0.25) is 5.91 Å². The summed E-state index contributed by atoms with van der Waals surface area (Å²) in [6.45, 7) is 1.60. The van der Waals surface area contributed by atoms with Gasteiger partial charge in [-0.3, -0.25) is 4.79 Å². The van der Waals surface area contributed by atoms with Gasteiger partial charge in [0.05, 0.1) is 21.5 Å². The van der Waals surface area contributed by atoms with Crippen LogP contribution in [0, 0.1) is 0 Å². The van der Waals surface area contributed by atoms with E-state index in [4.69, 9.17) is 11.6 Å². The lowest BCUT2D eigenvalue weighted by atomic mass is 10.1. The molecule has 1 atom stereocenters. The third-order valence-electron chi connectivity index (χ3n) is 2.85. The number of alkyl halides is 3. The van der Waals surface area contributed by atoms with E-state index in [1.165, 1.54) is 6.07 Å². The van der Waals surface area contributed by atoms with Gasteiger partial charge < -0.3 is 5.32 Å². The summed E-state index contributed by atoms with van der Waals surface area (Å²) >= 11 is 6.76. The number of pyridine rings is 1. The maximum atomic E-state index is 13.0. The number of nitrogens with zero attached hydrogens (tertiary/aromatic N) is 1. The van der Waals surface area contributed by atoms with Crippen LogP contribution in [-0.4, -0.2) is 16.1 Å². The second-order valence-electron chi connectivity index (χ2n) is 4.60. The fourth-order valence-corrected chi connectivity index (χ4v) is 2.72. The molecule has 0 bridgehead atoms. The van der Waals surface area contributed by atoms with Crippen LogP contribution in [0.5, 0.6) is 0 Å². The smallest absolute Gasteiger partial charge is 0.325 e. The summed E-state index contributed by atoms with van der Waals surface area (Å²) in [6.07, 6.45) is -3.03. The average molecular weight is 361 g/mol. The molecular weight excluding hydrogens is 349 g/mol. The highest BCUT2D eigenvalue weighted by molar-refractivity contribution is 8.00.